The fourth-order valence-electron chi connectivity index (χ4n) is 0.955. The fraction of sp³-hybridized carbons (Fsp3) is 0.111. The predicted octanol–water partition coefficient (Wildman–Crippen LogP) is 0.219. The van der Waals surface area contributed by atoms with Crippen LogP contribution in [0.5, 0.6) is 11.5 Å². The van der Waals surface area contributed by atoms with Crippen molar-refractivity contribution in [3.05, 3.63) is 23.8 Å². The summed E-state index contributed by atoms with van der Waals surface area (Å²) < 4.78 is 4.80. The number of benzene rings is 1. The highest BCUT2D eigenvalue weighted by Crippen LogP contribution is 2.25. The Morgan fingerprint density at radius 1 is 1.53 bits per heavy atom. The molecule has 0 aliphatic heterocycles. The van der Waals surface area contributed by atoms with Gasteiger partial charge in [0.1, 0.15) is 0 Å². The molecule has 15 heavy (non-hydrogen) atoms. The van der Waals surface area contributed by atoms with Crippen LogP contribution in [-0.4, -0.2) is 24.6 Å². The molecule has 6 heteroatoms. The highest BCUT2D eigenvalue weighted by atomic mass is 16.7. The zero-order chi connectivity index (χ0) is 11.3. The number of rotatable bonds is 4. The van der Waals surface area contributed by atoms with Crippen LogP contribution in [0.25, 0.3) is 0 Å². The van der Waals surface area contributed by atoms with E-state index in [2.05, 4.69) is 4.84 Å². The van der Waals surface area contributed by atoms with Gasteiger partial charge in [0.2, 0.25) is 0 Å². The molecule has 0 atom stereocenters. The van der Waals surface area contributed by atoms with E-state index >= 15 is 0 Å². The third kappa shape index (κ3) is 2.60. The van der Waals surface area contributed by atoms with Gasteiger partial charge in [0.25, 0.3) is 5.91 Å². The van der Waals surface area contributed by atoms with Crippen LogP contribution in [0.15, 0.2) is 18.2 Å². The van der Waals surface area contributed by atoms with Gasteiger partial charge in [-0.3, -0.25) is 9.59 Å². The number of hydroxylamine groups is 1. The minimum atomic E-state index is -0.611. The van der Waals surface area contributed by atoms with Crippen LogP contribution in [0.4, 0.5) is 0 Å². The molecule has 2 N–H and O–H groups in total. The molecule has 0 fully saturated rings. The number of hydrogen-bond acceptors (Lipinski definition) is 5. The molecule has 0 heterocycles. The second kappa shape index (κ2) is 4.85. The molecule has 0 radical (unpaired) electrons. The largest absolute Gasteiger partial charge is 0.504 e. The topological polar surface area (TPSA) is 84.9 Å². The molecular formula is C9H9NO5. The highest BCUT2D eigenvalue weighted by Gasteiger charge is 2.09. The van der Waals surface area contributed by atoms with Gasteiger partial charge >= 0.3 is 6.47 Å². The van der Waals surface area contributed by atoms with Crippen LogP contribution in [0.1, 0.15) is 10.4 Å². The summed E-state index contributed by atoms with van der Waals surface area (Å²) in [5.74, 6) is -0.528. The number of phenols is 1. The molecule has 1 rings (SSSR count). The predicted molar refractivity (Wildman–Crippen MR) is 49.3 cm³/mol. The van der Waals surface area contributed by atoms with Gasteiger partial charge in [-0.15, -0.1) is 0 Å². The number of phenolic OH excluding ortho intramolecular Hbond substituents is 1. The van der Waals surface area contributed by atoms with E-state index in [1.807, 2.05) is 5.48 Å². The van der Waals surface area contributed by atoms with Crippen molar-refractivity contribution >= 4 is 12.4 Å². The maximum Gasteiger partial charge on any atom is 0.320 e. The number of amides is 1. The second-order valence-electron chi connectivity index (χ2n) is 2.53. The van der Waals surface area contributed by atoms with E-state index in [-0.39, 0.29) is 23.5 Å². The van der Waals surface area contributed by atoms with Crippen molar-refractivity contribution in [1.82, 2.24) is 5.48 Å². The van der Waals surface area contributed by atoms with Gasteiger partial charge < -0.3 is 14.7 Å². The summed E-state index contributed by atoms with van der Waals surface area (Å²) in [5.41, 5.74) is 2.08. The van der Waals surface area contributed by atoms with Crippen molar-refractivity contribution in [3.8, 4) is 11.5 Å². The maximum absolute atomic E-state index is 11.3. The number of aromatic hydroxyl groups is 1. The van der Waals surface area contributed by atoms with Gasteiger partial charge in [-0.1, -0.05) is 0 Å². The Morgan fingerprint density at radius 3 is 2.87 bits per heavy atom. The average molecular weight is 211 g/mol. The van der Waals surface area contributed by atoms with E-state index in [9.17, 15) is 14.7 Å². The molecule has 0 bridgehead atoms. The van der Waals surface area contributed by atoms with Crippen LogP contribution in [-0.2, 0) is 9.63 Å². The van der Waals surface area contributed by atoms with Gasteiger partial charge in [0, 0.05) is 5.56 Å². The first-order valence-corrected chi connectivity index (χ1v) is 3.95. The summed E-state index contributed by atoms with van der Waals surface area (Å²) in [7, 11) is 1.36. The van der Waals surface area contributed by atoms with Crippen molar-refractivity contribution in [1.29, 1.82) is 0 Å². The summed E-state index contributed by atoms with van der Waals surface area (Å²) >= 11 is 0. The number of ether oxygens (including phenoxy) is 1. The van der Waals surface area contributed by atoms with Gasteiger partial charge in [-0.05, 0) is 18.2 Å². The van der Waals surface area contributed by atoms with Gasteiger partial charge in [0.05, 0.1) is 7.11 Å². The number of nitrogens with one attached hydrogen (secondary N) is 1. The first-order chi connectivity index (χ1) is 7.19. The van der Waals surface area contributed by atoms with E-state index in [1.165, 1.54) is 25.3 Å². The second-order valence-corrected chi connectivity index (χ2v) is 2.53. The fourth-order valence-corrected chi connectivity index (χ4v) is 0.955. The van der Waals surface area contributed by atoms with E-state index in [0.29, 0.717) is 0 Å². The lowest BCUT2D eigenvalue weighted by atomic mass is 10.2. The molecule has 0 aromatic heterocycles. The molecule has 1 amide bonds. The van der Waals surface area contributed by atoms with E-state index in [0.717, 1.165) is 0 Å². The van der Waals surface area contributed by atoms with Crippen molar-refractivity contribution in [2.24, 2.45) is 0 Å². The first-order valence-electron chi connectivity index (χ1n) is 3.95. The Balaban J connectivity index is 2.85. The van der Waals surface area contributed by atoms with E-state index in [1.54, 1.807) is 0 Å². The quantitative estimate of drug-likeness (QED) is 0.549. The van der Waals surface area contributed by atoms with Crippen molar-refractivity contribution in [3.63, 3.8) is 0 Å². The molecule has 0 aliphatic carbocycles. The molecule has 0 spiro atoms. The zero-order valence-corrected chi connectivity index (χ0v) is 7.89. The molecule has 0 saturated heterocycles. The van der Waals surface area contributed by atoms with Crippen LogP contribution in [0, 0.1) is 0 Å². The standard InChI is InChI=1S/C9H9NO5/c1-14-8-4-6(2-3-7(8)12)9(13)10-15-5-11/h2-5,12H,1H3,(H,10,13). The van der Waals surface area contributed by atoms with Gasteiger partial charge in [-0.25, -0.2) is 0 Å². The Morgan fingerprint density at radius 2 is 2.27 bits per heavy atom. The third-order valence-corrected chi connectivity index (χ3v) is 1.64. The van der Waals surface area contributed by atoms with Crippen LogP contribution in [0.3, 0.4) is 0 Å². The smallest absolute Gasteiger partial charge is 0.320 e. The number of hydrogen-bond donors (Lipinski definition) is 2. The lowest BCUT2D eigenvalue weighted by Crippen LogP contribution is -2.22. The van der Waals surface area contributed by atoms with Crippen molar-refractivity contribution in [2.75, 3.05) is 7.11 Å². The Labute approximate surface area is 85.4 Å². The van der Waals surface area contributed by atoms with Gasteiger partial charge in [-0.2, -0.15) is 5.48 Å². The third-order valence-electron chi connectivity index (χ3n) is 1.64. The minimum absolute atomic E-state index is 0.0784. The van der Waals surface area contributed by atoms with Crippen LogP contribution in [0.2, 0.25) is 0 Å². The monoisotopic (exact) mass is 211 g/mol. The molecule has 80 valence electrons. The summed E-state index contributed by atoms with van der Waals surface area (Å²) in [6, 6.07) is 3.98. The molecule has 0 unspecified atom stereocenters. The molecule has 0 aliphatic rings. The molecule has 0 saturated carbocycles. The minimum Gasteiger partial charge on any atom is -0.504 e. The number of methoxy groups -OCH3 is 1. The van der Waals surface area contributed by atoms with Crippen LogP contribution < -0.4 is 10.2 Å². The van der Waals surface area contributed by atoms with Crippen molar-refractivity contribution < 1.29 is 24.3 Å². The summed E-state index contributed by atoms with van der Waals surface area (Å²) in [6.07, 6.45) is 0. The SMILES string of the molecule is COc1cc(C(=O)NOC=O)ccc1O. The Hall–Kier alpha value is -2.24. The summed E-state index contributed by atoms with van der Waals surface area (Å²) in [6.45, 7) is 0.0928. The summed E-state index contributed by atoms with van der Waals surface area (Å²) in [4.78, 5) is 25.1. The molecular weight excluding hydrogens is 202 g/mol. The average Bonchev–Trinajstić information content (AvgIpc) is 2.26. The Kier molecular flexibility index (Phi) is 3.50. The van der Waals surface area contributed by atoms with Gasteiger partial charge in [0.15, 0.2) is 11.5 Å². The lowest BCUT2D eigenvalue weighted by Gasteiger charge is -2.05. The zero-order valence-electron chi connectivity index (χ0n) is 7.89. The molecule has 1 aromatic rings. The van der Waals surface area contributed by atoms with E-state index < -0.39 is 5.91 Å². The first kappa shape index (κ1) is 10.8. The van der Waals surface area contributed by atoms with Crippen molar-refractivity contribution in [2.45, 2.75) is 0 Å². The lowest BCUT2D eigenvalue weighted by molar-refractivity contribution is -0.133. The highest BCUT2D eigenvalue weighted by molar-refractivity contribution is 5.94. The van der Waals surface area contributed by atoms with E-state index in [4.69, 9.17) is 4.74 Å². The Bertz CT molecular complexity index is 377. The number of carbonyl (C=O) groups excluding carboxylic acids is 2. The molecule has 6 nitrogen and oxygen atoms in total. The maximum atomic E-state index is 11.3. The number of carbonyl (C=O) groups is 2. The van der Waals surface area contributed by atoms with Crippen LogP contribution >= 0.6 is 0 Å². The normalized spacial score (nSPS) is 9.13. The summed E-state index contributed by atoms with van der Waals surface area (Å²) in [5, 5.41) is 9.25. The molecule has 1 aromatic carbocycles.